The summed E-state index contributed by atoms with van der Waals surface area (Å²) in [5, 5.41) is 0.664. The maximum atomic E-state index is 12.2. The molecule has 1 aliphatic heterocycles. The molecule has 0 aliphatic carbocycles. The van der Waals surface area contributed by atoms with Crippen LogP contribution in [0.1, 0.15) is 12.5 Å². The Labute approximate surface area is 118 Å². The number of carbonyl (C=O) groups is 1. The summed E-state index contributed by atoms with van der Waals surface area (Å²) in [7, 11) is 0. The zero-order valence-corrected chi connectivity index (χ0v) is 11.9. The van der Waals surface area contributed by atoms with E-state index in [1.54, 1.807) is 24.0 Å². The molecule has 5 heteroatoms. The number of nitrogens with zero attached hydrogens (tertiary/aromatic N) is 1. The van der Waals surface area contributed by atoms with Gasteiger partial charge in [-0.15, -0.1) is 0 Å². The highest BCUT2D eigenvalue weighted by Gasteiger charge is 2.24. The first-order chi connectivity index (χ1) is 9.08. The fourth-order valence-electron chi connectivity index (χ4n) is 2.03. The van der Waals surface area contributed by atoms with Crippen LogP contribution in [0.15, 0.2) is 18.2 Å². The predicted molar refractivity (Wildman–Crippen MR) is 73.7 cm³/mol. The van der Waals surface area contributed by atoms with Gasteiger partial charge in [-0.1, -0.05) is 11.6 Å². The first-order valence-electron chi connectivity index (χ1n) is 6.37. The molecule has 2 rings (SSSR count). The van der Waals surface area contributed by atoms with Crippen LogP contribution < -0.4 is 4.74 Å². The van der Waals surface area contributed by atoms with E-state index in [0.29, 0.717) is 37.1 Å². The van der Waals surface area contributed by atoms with Crippen LogP contribution in [0.25, 0.3) is 0 Å². The van der Waals surface area contributed by atoms with Gasteiger partial charge in [0.05, 0.1) is 13.2 Å². The maximum Gasteiger partial charge on any atom is 0.263 e. The largest absolute Gasteiger partial charge is 0.481 e. The Balaban J connectivity index is 1.99. The summed E-state index contributed by atoms with van der Waals surface area (Å²) < 4.78 is 11.0. The quantitative estimate of drug-likeness (QED) is 0.854. The minimum atomic E-state index is -0.502. The van der Waals surface area contributed by atoms with Crippen molar-refractivity contribution in [3.63, 3.8) is 0 Å². The summed E-state index contributed by atoms with van der Waals surface area (Å²) in [4.78, 5) is 14.0. The van der Waals surface area contributed by atoms with E-state index in [1.165, 1.54) is 0 Å². The fraction of sp³-hybridized carbons (Fsp3) is 0.500. The highest BCUT2D eigenvalue weighted by Crippen LogP contribution is 2.23. The van der Waals surface area contributed by atoms with E-state index in [2.05, 4.69) is 0 Å². The standard InChI is InChI=1S/C14H18ClNO3/c1-10-9-12(15)3-4-13(10)19-11(2)14(17)16-5-7-18-8-6-16/h3-4,9,11H,5-8H2,1-2H3/t11-/m0/s1. The van der Waals surface area contributed by atoms with Crippen LogP contribution in [0.4, 0.5) is 0 Å². The van der Waals surface area contributed by atoms with Crippen LogP contribution in [0.3, 0.4) is 0 Å². The highest BCUT2D eigenvalue weighted by atomic mass is 35.5. The Morgan fingerprint density at radius 1 is 1.42 bits per heavy atom. The van der Waals surface area contributed by atoms with Crippen LogP contribution in [0.5, 0.6) is 5.75 Å². The number of ether oxygens (including phenoxy) is 2. The van der Waals surface area contributed by atoms with Gasteiger partial charge in [-0.2, -0.15) is 0 Å². The molecule has 1 heterocycles. The van der Waals surface area contributed by atoms with Crippen molar-refractivity contribution < 1.29 is 14.3 Å². The second kappa shape index (κ2) is 6.26. The lowest BCUT2D eigenvalue weighted by molar-refractivity contribution is -0.142. The average molecular weight is 284 g/mol. The van der Waals surface area contributed by atoms with Crippen LogP contribution >= 0.6 is 11.6 Å². The topological polar surface area (TPSA) is 38.8 Å². The summed E-state index contributed by atoms with van der Waals surface area (Å²) in [6.07, 6.45) is -0.502. The van der Waals surface area contributed by atoms with Gasteiger partial charge in [-0.3, -0.25) is 4.79 Å². The molecule has 1 atom stereocenters. The van der Waals surface area contributed by atoms with E-state index in [-0.39, 0.29) is 5.91 Å². The van der Waals surface area contributed by atoms with Crippen LogP contribution in [0.2, 0.25) is 5.02 Å². The number of benzene rings is 1. The lowest BCUT2D eigenvalue weighted by atomic mass is 10.2. The second-order valence-electron chi connectivity index (χ2n) is 4.61. The minimum absolute atomic E-state index is 0.00218. The van der Waals surface area contributed by atoms with Gasteiger partial charge in [0.1, 0.15) is 5.75 Å². The number of amides is 1. The number of morpholine rings is 1. The molecule has 0 N–H and O–H groups in total. The molecule has 104 valence electrons. The first-order valence-corrected chi connectivity index (χ1v) is 6.75. The monoisotopic (exact) mass is 283 g/mol. The summed E-state index contributed by atoms with van der Waals surface area (Å²) in [5.41, 5.74) is 0.925. The lowest BCUT2D eigenvalue weighted by Crippen LogP contribution is -2.46. The van der Waals surface area contributed by atoms with Gasteiger partial charge in [0.25, 0.3) is 5.91 Å². The van der Waals surface area contributed by atoms with Gasteiger partial charge in [-0.25, -0.2) is 0 Å². The number of aryl methyl sites for hydroxylation is 1. The molecule has 0 unspecified atom stereocenters. The van der Waals surface area contributed by atoms with Gasteiger partial charge >= 0.3 is 0 Å². The molecule has 1 aromatic carbocycles. The fourth-order valence-corrected chi connectivity index (χ4v) is 2.25. The van der Waals surface area contributed by atoms with E-state index in [1.807, 2.05) is 13.0 Å². The van der Waals surface area contributed by atoms with Crippen LogP contribution in [0, 0.1) is 6.92 Å². The first kappa shape index (κ1) is 14.2. The third kappa shape index (κ3) is 3.61. The van der Waals surface area contributed by atoms with E-state index >= 15 is 0 Å². The van der Waals surface area contributed by atoms with Crippen molar-refractivity contribution in [1.29, 1.82) is 0 Å². The highest BCUT2D eigenvalue weighted by molar-refractivity contribution is 6.30. The number of halogens is 1. The van der Waals surface area contributed by atoms with Crippen molar-refractivity contribution in [1.82, 2.24) is 4.90 Å². The molecule has 1 fully saturated rings. The van der Waals surface area contributed by atoms with Crippen LogP contribution in [-0.4, -0.2) is 43.2 Å². The van der Waals surface area contributed by atoms with Gasteiger partial charge in [-0.05, 0) is 37.6 Å². The molecule has 1 aromatic rings. The molecule has 1 amide bonds. The normalized spacial score (nSPS) is 17.1. The summed E-state index contributed by atoms with van der Waals surface area (Å²) >= 11 is 5.89. The van der Waals surface area contributed by atoms with Gasteiger partial charge < -0.3 is 14.4 Å². The molecule has 0 bridgehead atoms. The van der Waals surface area contributed by atoms with Crippen molar-refractivity contribution >= 4 is 17.5 Å². The van der Waals surface area contributed by atoms with Crippen molar-refractivity contribution in [2.24, 2.45) is 0 Å². The molecule has 1 saturated heterocycles. The second-order valence-corrected chi connectivity index (χ2v) is 5.04. The van der Waals surface area contributed by atoms with E-state index < -0.39 is 6.10 Å². The predicted octanol–water partition coefficient (Wildman–Crippen LogP) is 2.27. The van der Waals surface area contributed by atoms with Gasteiger partial charge in [0.2, 0.25) is 0 Å². The minimum Gasteiger partial charge on any atom is -0.481 e. The Morgan fingerprint density at radius 2 is 2.11 bits per heavy atom. The number of rotatable bonds is 3. The Bertz CT molecular complexity index is 458. The molecule has 19 heavy (non-hydrogen) atoms. The molecule has 4 nitrogen and oxygen atoms in total. The van der Waals surface area contributed by atoms with Crippen molar-refractivity contribution in [2.45, 2.75) is 20.0 Å². The third-order valence-corrected chi connectivity index (χ3v) is 3.35. The van der Waals surface area contributed by atoms with E-state index in [4.69, 9.17) is 21.1 Å². The van der Waals surface area contributed by atoms with Crippen molar-refractivity contribution in [3.05, 3.63) is 28.8 Å². The molecular formula is C14H18ClNO3. The Kier molecular flexibility index (Phi) is 4.66. The molecular weight excluding hydrogens is 266 g/mol. The number of hydrogen-bond acceptors (Lipinski definition) is 3. The third-order valence-electron chi connectivity index (χ3n) is 3.11. The molecule has 0 aromatic heterocycles. The summed E-state index contributed by atoms with van der Waals surface area (Å²) in [6, 6.07) is 5.37. The van der Waals surface area contributed by atoms with Gasteiger partial charge in [0.15, 0.2) is 6.10 Å². The average Bonchev–Trinajstić information content (AvgIpc) is 2.42. The lowest BCUT2D eigenvalue weighted by Gasteiger charge is -2.29. The van der Waals surface area contributed by atoms with Gasteiger partial charge in [0, 0.05) is 18.1 Å². The smallest absolute Gasteiger partial charge is 0.263 e. The van der Waals surface area contributed by atoms with E-state index in [9.17, 15) is 4.79 Å². The molecule has 0 radical (unpaired) electrons. The van der Waals surface area contributed by atoms with E-state index in [0.717, 1.165) is 5.56 Å². The van der Waals surface area contributed by atoms with Crippen molar-refractivity contribution in [2.75, 3.05) is 26.3 Å². The SMILES string of the molecule is Cc1cc(Cl)ccc1O[C@@H](C)C(=O)N1CCOCC1. The Morgan fingerprint density at radius 3 is 2.74 bits per heavy atom. The molecule has 1 aliphatic rings. The zero-order chi connectivity index (χ0) is 13.8. The number of hydrogen-bond donors (Lipinski definition) is 0. The Hall–Kier alpha value is -1.26. The molecule has 0 spiro atoms. The molecule has 0 saturated carbocycles. The number of carbonyl (C=O) groups excluding carboxylic acids is 1. The van der Waals surface area contributed by atoms with Crippen molar-refractivity contribution in [3.8, 4) is 5.75 Å². The van der Waals surface area contributed by atoms with Crippen LogP contribution in [-0.2, 0) is 9.53 Å². The summed E-state index contributed by atoms with van der Waals surface area (Å²) in [6.45, 7) is 6.13. The zero-order valence-electron chi connectivity index (χ0n) is 11.2. The summed E-state index contributed by atoms with van der Waals surface area (Å²) in [5.74, 6) is 0.691. The maximum absolute atomic E-state index is 12.2.